The zero-order valence-corrected chi connectivity index (χ0v) is 17.8. The lowest BCUT2D eigenvalue weighted by molar-refractivity contribution is 0.199. The van der Waals surface area contributed by atoms with Gasteiger partial charge < -0.3 is 9.30 Å². The SMILES string of the molecule is N#C[C@@H]1CC[C@@H](Oc2cc(-c3ccc4cc5n(c4n3)[C@@H](c3ccccc3)CC5)ccn2)C1. The Balaban J connectivity index is 1.33. The van der Waals surface area contributed by atoms with Gasteiger partial charge in [0.1, 0.15) is 11.8 Å². The second-order valence-corrected chi connectivity index (χ2v) is 8.84. The molecular formula is C27H24N4O. The van der Waals surface area contributed by atoms with E-state index in [-0.39, 0.29) is 12.0 Å². The van der Waals surface area contributed by atoms with Gasteiger partial charge in [-0.25, -0.2) is 9.97 Å². The summed E-state index contributed by atoms with van der Waals surface area (Å²) in [5, 5.41) is 10.3. The lowest BCUT2D eigenvalue weighted by atomic mass is 10.0. The average Bonchev–Trinajstić information content (AvgIpc) is 3.55. The highest BCUT2D eigenvalue weighted by Crippen LogP contribution is 2.37. The van der Waals surface area contributed by atoms with Gasteiger partial charge in [0, 0.05) is 41.2 Å². The van der Waals surface area contributed by atoms with E-state index in [0.717, 1.165) is 49.0 Å². The number of ether oxygens (including phenoxy) is 1. The molecule has 0 bridgehead atoms. The quantitative estimate of drug-likeness (QED) is 0.424. The van der Waals surface area contributed by atoms with E-state index in [2.05, 4.69) is 64.2 Å². The highest BCUT2D eigenvalue weighted by atomic mass is 16.5. The Labute approximate surface area is 187 Å². The molecule has 1 aliphatic carbocycles. The Bertz CT molecular complexity index is 1320. The molecule has 4 aromatic rings. The van der Waals surface area contributed by atoms with Gasteiger partial charge in [-0.3, -0.25) is 0 Å². The van der Waals surface area contributed by atoms with Crippen LogP contribution in [0.5, 0.6) is 5.88 Å². The van der Waals surface area contributed by atoms with Crippen molar-refractivity contribution in [3.05, 3.63) is 78.1 Å². The third-order valence-electron chi connectivity index (χ3n) is 6.82. The number of nitriles is 1. The number of nitrogens with zero attached hydrogens (tertiary/aromatic N) is 4. The zero-order valence-electron chi connectivity index (χ0n) is 17.8. The lowest BCUT2D eigenvalue weighted by Crippen LogP contribution is -2.12. The van der Waals surface area contributed by atoms with Crippen LogP contribution in [0.25, 0.3) is 22.3 Å². The fourth-order valence-electron chi connectivity index (χ4n) is 5.22. The number of aromatic nitrogens is 3. The van der Waals surface area contributed by atoms with E-state index >= 15 is 0 Å². The van der Waals surface area contributed by atoms with Gasteiger partial charge in [0.05, 0.1) is 17.8 Å². The van der Waals surface area contributed by atoms with Crippen LogP contribution in [0.15, 0.2) is 66.9 Å². The Morgan fingerprint density at radius 1 is 1.00 bits per heavy atom. The Kier molecular flexibility index (Phi) is 4.65. The van der Waals surface area contributed by atoms with Gasteiger partial charge in [0.15, 0.2) is 0 Å². The molecule has 1 aliphatic heterocycles. The monoisotopic (exact) mass is 420 g/mol. The van der Waals surface area contributed by atoms with Crippen LogP contribution in [0.3, 0.4) is 0 Å². The van der Waals surface area contributed by atoms with Crippen molar-refractivity contribution in [1.29, 1.82) is 5.26 Å². The van der Waals surface area contributed by atoms with Crippen molar-refractivity contribution in [3.8, 4) is 23.2 Å². The van der Waals surface area contributed by atoms with Gasteiger partial charge in [-0.1, -0.05) is 30.3 Å². The number of fused-ring (bicyclic) bond motifs is 3. The van der Waals surface area contributed by atoms with E-state index < -0.39 is 0 Å². The molecule has 0 radical (unpaired) electrons. The van der Waals surface area contributed by atoms with Crippen molar-refractivity contribution in [1.82, 2.24) is 14.5 Å². The number of aryl methyl sites for hydroxylation is 1. The van der Waals surface area contributed by atoms with E-state index in [4.69, 9.17) is 15.0 Å². The lowest BCUT2D eigenvalue weighted by Gasteiger charge is -2.16. The van der Waals surface area contributed by atoms with Gasteiger partial charge in [-0.15, -0.1) is 0 Å². The molecular weight excluding hydrogens is 396 g/mol. The molecule has 0 saturated heterocycles. The first-order chi connectivity index (χ1) is 15.8. The van der Waals surface area contributed by atoms with Gasteiger partial charge >= 0.3 is 0 Å². The molecule has 1 fully saturated rings. The number of pyridine rings is 2. The van der Waals surface area contributed by atoms with Gasteiger partial charge in [0.2, 0.25) is 5.88 Å². The third-order valence-corrected chi connectivity index (χ3v) is 6.82. The van der Waals surface area contributed by atoms with Crippen molar-refractivity contribution in [2.45, 2.75) is 44.2 Å². The maximum atomic E-state index is 9.14. The number of benzene rings is 1. The van der Waals surface area contributed by atoms with Crippen molar-refractivity contribution in [2.24, 2.45) is 5.92 Å². The summed E-state index contributed by atoms with van der Waals surface area (Å²) in [7, 11) is 0. The molecule has 2 aliphatic rings. The molecule has 32 heavy (non-hydrogen) atoms. The smallest absolute Gasteiger partial charge is 0.214 e. The van der Waals surface area contributed by atoms with Crippen molar-refractivity contribution < 1.29 is 4.74 Å². The Morgan fingerprint density at radius 3 is 2.75 bits per heavy atom. The average molecular weight is 421 g/mol. The number of rotatable bonds is 4. The highest BCUT2D eigenvalue weighted by Gasteiger charge is 2.27. The predicted octanol–water partition coefficient (Wildman–Crippen LogP) is 5.70. The van der Waals surface area contributed by atoms with E-state index in [1.165, 1.54) is 16.6 Å². The molecule has 3 aromatic heterocycles. The second kappa shape index (κ2) is 7.80. The van der Waals surface area contributed by atoms with Crippen molar-refractivity contribution in [2.75, 3.05) is 0 Å². The Morgan fingerprint density at radius 2 is 1.91 bits per heavy atom. The molecule has 3 atom stereocenters. The molecule has 158 valence electrons. The van der Waals surface area contributed by atoms with E-state index in [1.54, 1.807) is 6.20 Å². The molecule has 1 aromatic carbocycles. The molecule has 5 heteroatoms. The molecule has 0 N–H and O–H groups in total. The van der Waals surface area contributed by atoms with Crippen LogP contribution in [0.2, 0.25) is 0 Å². The minimum absolute atomic E-state index is 0.0679. The summed E-state index contributed by atoms with van der Waals surface area (Å²) in [6.07, 6.45) is 6.63. The van der Waals surface area contributed by atoms with Crippen molar-refractivity contribution in [3.63, 3.8) is 0 Å². The van der Waals surface area contributed by atoms with Crippen LogP contribution >= 0.6 is 0 Å². The van der Waals surface area contributed by atoms with E-state index in [1.807, 2.05) is 12.1 Å². The highest BCUT2D eigenvalue weighted by molar-refractivity contribution is 5.81. The van der Waals surface area contributed by atoms with E-state index in [9.17, 15) is 0 Å². The summed E-state index contributed by atoms with van der Waals surface area (Å²) in [4.78, 5) is 9.49. The predicted molar refractivity (Wildman–Crippen MR) is 123 cm³/mol. The third kappa shape index (κ3) is 3.33. The van der Waals surface area contributed by atoms with Crippen LogP contribution in [0.1, 0.15) is 43.0 Å². The maximum Gasteiger partial charge on any atom is 0.214 e. The molecule has 6 rings (SSSR count). The first kappa shape index (κ1) is 19.1. The van der Waals surface area contributed by atoms with E-state index in [0.29, 0.717) is 11.9 Å². The second-order valence-electron chi connectivity index (χ2n) is 8.84. The minimum Gasteiger partial charge on any atom is -0.474 e. The number of hydrogen-bond donors (Lipinski definition) is 0. The van der Waals surface area contributed by atoms with Gasteiger partial charge in [-0.2, -0.15) is 5.26 Å². The van der Waals surface area contributed by atoms with Gasteiger partial charge in [0.25, 0.3) is 0 Å². The molecule has 4 heterocycles. The standard InChI is InChI=1S/C27H24N4O/c28-17-18-6-9-23(14-18)32-26-16-20(12-13-29-26)24-10-7-21-15-22-8-11-25(31(22)27(21)30-24)19-4-2-1-3-5-19/h1-5,7,10,12-13,15-16,18,23,25H,6,8-9,11,14H2/t18-,23-,25-/m1/s1. The summed E-state index contributed by atoms with van der Waals surface area (Å²) in [5.41, 5.74) is 5.64. The maximum absolute atomic E-state index is 9.14. The van der Waals surface area contributed by atoms with Crippen molar-refractivity contribution >= 4 is 11.0 Å². The van der Waals surface area contributed by atoms with Gasteiger partial charge in [-0.05, 0) is 55.5 Å². The normalized spacial score (nSPS) is 22.0. The first-order valence-electron chi connectivity index (χ1n) is 11.4. The fourth-order valence-corrected chi connectivity index (χ4v) is 5.22. The largest absolute Gasteiger partial charge is 0.474 e. The molecule has 0 amide bonds. The van der Waals surface area contributed by atoms with Crippen LogP contribution in [-0.4, -0.2) is 20.6 Å². The summed E-state index contributed by atoms with van der Waals surface area (Å²) < 4.78 is 8.51. The van der Waals surface area contributed by atoms with Crippen LogP contribution < -0.4 is 4.74 Å². The molecule has 5 nitrogen and oxygen atoms in total. The summed E-state index contributed by atoms with van der Waals surface area (Å²) in [6.45, 7) is 0. The molecule has 0 spiro atoms. The summed E-state index contributed by atoms with van der Waals surface area (Å²) in [5.74, 6) is 0.705. The molecule has 0 unspecified atom stereocenters. The topological polar surface area (TPSA) is 63.7 Å². The summed E-state index contributed by atoms with van der Waals surface area (Å²) in [6, 6.07) is 23.9. The summed E-state index contributed by atoms with van der Waals surface area (Å²) >= 11 is 0. The molecule has 1 saturated carbocycles. The number of hydrogen-bond acceptors (Lipinski definition) is 4. The van der Waals surface area contributed by atoms with Crippen LogP contribution in [0, 0.1) is 17.2 Å². The first-order valence-corrected chi connectivity index (χ1v) is 11.4. The minimum atomic E-state index is 0.0679. The zero-order chi connectivity index (χ0) is 21.5. The Hall–Kier alpha value is -3.65. The van der Waals surface area contributed by atoms with Crippen LogP contribution in [0.4, 0.5) is 0 Å². The fraction of sp³-hybridized carbons (Fsp3) is 0.296. The van der Waals surface area contributed by atoms with Crippen LogP contribution in [-0.2, 0) is 6.42 Å².